The largest absolute Gasteiger partial charge is 0.493 e. The minimum Gasteiger partial charge on any atom is -0.493 e. The predicted octanol–water partition coefficient (Wildman–Crippen LogP) is 7.25. The Morgan fingerprint density at radius 1 is 0.926 bits per heavy atom. The van der Waals surface area contributed by atoms with Gasteiger partial charge in [0, 0.05) is 28.8 Å². The van der Waals surface area contributed by atoms with Crippen LogP contribution >= 0.6 is 23.2 Å². The third-order valence-corrected chi connectivity index (χ3v) is 8.05. The number of alkyl carbamates (subject to hydrolysis) is 1. The van der Waals surface area contributed by atoms with Crippen LogP contribution in [0.15, 0.2) is 84.0 Å². The van der Waals surface area contributed by atoms with E-state index < -0.39 is 12.2 Å². The van der Waals surface area contributed by atoms with Gasteiger partial charge in [0.15, 0.2) is 24.2 Å². The van der Waals surface area contributed by atoms with Gasteiger partial charge in [0.1, 0.15) is 13.2 Å². The summed E-state index contributed by atoms with van der Waals surface area (Å²) in [5.74, 6) is 5.68. The molecule has 4 aromatic rings. The van der Waals surface area contributed by atoms with E-state index in [9.17, 15) is 9.59 Å². The summed E-state index contributed by atoms with van der Waals surface area (Å²) in [5, 5.41) is 10.7. The number of hydrogen-bond acceptors (Lipinski definition) is 9. The Balaban J connectivity index is 0.000000294. The fourth-order valence-corrected chi connectivity index (χ4v) is 5.03. The van der Waals surface area contributed by atoms with Gasteiger partial charge in [0.25, 0.3) is 5.91 Å². The number of pyridine rings is 1. The van der Waals surface area contributed by atoms with Crippen LogP contribution in [0.1, 0.15) is 46.7 Å². The van der Waals surface area contributed by atoms with Gasteiger partial charge in [-0.25, -0.2) is 4.79 Å². The van der Waals surface area contributed by atoms with Crippen molar-refractivity contribution < 1.29 is 33.4 Å². The number of nitrogens with one attached hydrogen (secondary N) is 2. The van der Waals surface area contributed by atoms with Crippen molar-refractivity contribution in [3.8, 4) is 36.2 Å². The zero-order chi connectivity index (χ0) is 39.3. The molecule has 0 radical (unpaired) electrons. The molecular formula is C41H42Cl2N4O7. The summed E-state index contributed by atoms with van der Waals surface area (Å²) < 4.78 is 20.8. The molecule has 1 aromatic heterocycles. The number of carbonyl (C=O) groups is 2. The molecular weight excluding hydrogens is 731 g/mol. The molecule has 0 aliphatic rings. The van der Waals surface area contributed by atoms with Crippen molar-refractivity contribution in [2.75, 3.05) is 34.0 Å². The number of oxime groups is 1. The highest BCUT2D eigenvalue weighted by atomic mass is 35.5. The lowest BCUT2D eigenvalue weighted by Gasteiger charge is -2.17. The van der Waals surface area contributed by atoms with Gasteiger partial charge in [0.2, 0.25) is 0 Å². The molecule has 0 saturated heterocycles. The lowest BCUT2D eigenvalue weighted by molar-refractivity contribution is -0.132. The third kappa shape index (κ3) is 14.4. The summed E-state index contributed by atoms with van der Waals surface area (Å²) in [7, 11) is 2.87. The van der Waals surface area contributed by atoms with E-state index in [1.54, 1.807) is 43.5 Å². The van der Waals surface area contributed by atoms with Crippen molar-refractivity contribution in [3.63, 3.8) is 0 Å². The lowest BCUT2D eigenvalue weighted by atomic mass is 10.1. The van der Waals surface area contributed by atoms with Gasteiger partial charge in [0.05, 0.1) is 25.6 Å². The third-order valence-electron chi connectivity index (χ3n) is 7.43. The summed E-state index contributed by atoms with van der Waals surface area (Å²) in [4.78, 5) is 33.5. The van der Waals surface area contributed by atoms with Crippen molar-refractivity contribution in [1.82, 2.24) is 15.6 Å². The number of aromatic nitrogens is 1. The van der Waals surface area contributed by atoms with Gasteiger partial charge in [-0.15, -0.1) is 12.8 Å². The summed E-state index contributed by atoms with van der Waals surface area (Å²) in [6, 6.07) is 23.6. The molecule has 11 nitrogen and oxygen atoms in total. The van der Waals surface area contributed by atoms with Crippen LogP contribution < -0.4 is 20.1 Å². The van der Waals surface area contributed by atoms with Crippen molar-refractivity contribution in [2.45, 2.75) is 39.5 Å². The number of amides is 2. The van der Waals surface area contributed by atoms with E-state index >= 15 is 0 Å². The molecule has 2 amide bonds. The topological polar surface area (TPSA) is 130 Å². The van der Waals surface area contributed by atoms with E-state index in [-0.39, 0.29) is 25.7 Å². The number of halogens is 2. The molecule has 1 heterocycles. The highest BCUT2D eigenvalue weighted by Gasteiger charge is 2.21. The average molecular weight is 774 g/mol. The molecule has 1 unspecified atom stereocenters. The first kappa shape index (κ1) is 42.7. The van der Waals surface area contributed by atoms with Crippen LogP contribution in [-0.2, 0) is 38.7 Å². The molecule has 54 heavy (non-hydrogen) atoms. The maximum absolute atomic E-state index is 12.6. The van der Waals surface area contributed by atoms with Crippen LogP contribution in [0, 0.1) is 31.6 Å². The molecule has 4 rings (SSSR count). The highest BCUT2D eigenvalue weighted by molar-refractivity contribution is 6.31. The first-order chi connectivity index (χ1) is 26.1. The van der Waals surface area contributed by atoms with Crippen molar-refractivity contribution in [3.05, 3.63) is 123 Å². The van der Waals surface area contributed by atoms with Crippen LogP contribution in [0.4, 0.5) is 4.79 Å². The van der Waals surface area contributed by atoms with E-state index in [0.717, 1.165) is 28.1 Å². The number of hydrogen-bond donors (Lipinski definition) is 2. The van der Waals surface area contributed by atoms with Crippen LogP contribution in [-0.4, -0.2) is 56.7 Å². The van der Waals surface area contributed by atoms with Gasteiger partial charge in [-0.3, -0.25) is 9.78 Å². The quantitative estimate of drug-likeness (QED) is 0.0693. The van der Waals surface area contributed by atoms with E-state index in [4.69, 9.17) is 55.1 Å². The minimum absolute atomic E-state index is 0.0248. The Kier molecular flexibility index (Phi) is 18.2. The minimum atomic E-state index is -0.808. The molecule has 0 fully saturated rings. The Morgan fingerprint density at radius 2 is 1.69 bits per heavy atom. The van der Waals surface area contributed by atoms with Gasteiger partial charge in [-0.2, -0.15) is 0 Å². The summed E-state index contributed by atoms with van der Waals surface area (Å²) in [5.41, 5.74) is 5.71. The zero-order valence-corrected chi connectivity index (χ0v) is 32.0. The van der Waals surface area contributed by atoms with E-state index in [1.165, 1.54) is 7.11 Å². The Morgan fingerprint density at radius 3 is 2.37 bits per heavy atom. The number of aryl methyl sites for hydroxylation is 1. The number of rotatable bonds is 16. The second kappa shape index (κ2) is 23.1. The molecule has 0 saturated carbocycles. The normalized spacial score (nSPS) is 11.1. The average Bonchev–Trinajstić information content (AvgIpc) is 3.17. The zero-order valence-electron chi connectivity index (χ0n) is 30.5. The number of terminal acetylenes is 2. The van der Waals surface area contributed by atoms with Crippen molar-refractivity contribution in [1.29, 1.82) is 0 Å². The first-order valence-electron chi connectivity index (χ1n) is 16.6. The molecule has 282 valence electrons. The molecule has 3 aromatic carbocycles. The number of nitrogens with zero attached hydrogens (tertiary/aromatic N) is 2. The molecule has 1 atom stereocenters. The van der Waals surface area contributed by atoms with Crippen molar-refractivity contribution in [2.24, 2.45) is 5.16 Å². The second-order valence-corrected chi connectivity index (χ2v) is 12.2. The smallest absolute Gasteiger partial charge is 0.407 e. The second-order valence-electron chi connectivity index (χ2n) is 11.3. The SMILES string of the molecule is C#CCOc1ccc(CCNC(=O)C(OCC#C)c2ccc(Cl)cc2)cc1OC.COC(=O)NCc1cc(/C(C)=N/OCc2cccc(C)n2)ccc1Cl. The van der Waals surface area contributed by atoms with Gasteiger partial charge >= 0.3 is 6.09 Å². The predicted molar refractivity (Wildman–Crippen MR) is 210 cm³/mol. The van der Waals surface area contributed by atoms with Crippen LogP contribution in [0.5, 0.6) is 11.5 Å². The number of carbonyl (C=O) groups excluding carboxylic acids is 2. The van der Waals surface area contributed by atoms with E-state index in [2.05, 4.69) is 37.4 Å². The fourth-order valence-electron chi connectivity index (χ4n) is 4.72. The summed E-state index contributed by atoms with van der Waals surface area (Å²) >= 11 is 12.1. The molecule has 0 aliphatic heterocycles. The summed E-state index contributed by atoms with van der Waals surface area (Å²) in [6.45, 7) is 4.92. The maximum Gasteiger partial charge on any atom is 0.407 e. The summed E-state index contributed by atoms with van der Waals surface area (Å²) in [6.07, 6.45) is 9.75. The van der Waals surface area contributed by atoms with E-state index in [0.29, 0.717) is 52.4 Å². The molecule has 0 bridgehead atoms. The Hall–Kier alpha value is -5.72. The number of benzene rings is 3. The van der Waals surface area contributed by atoms with Crippen LogP contribution in [0.3, 0.4) is 0 Å². The van der Waals surface area contributed by atoms with Crippen LogP contribution in [0.25, 0.3) is 0 Å². The molecule has 13 heteroatoms. The van der Waals surface area contributed by atoms with Crippen LogP contribution in [0.2, 0.25) is 10.0 Å². The molecule has 0 spiro atoms. The monoisotopic (exact) mass is 772 g/mol. The standard InChI is InChI=1S/C23H22ClNO4.C18H20ClN3O3/c1-4-14-28-20-11-6-17(16-21(20)27-3)12-13-25-23(26)22(29-15-5-2)18-7-9-19(24)10-8-18;1-12-5-4-6-16(21-12)11-25-22-13(2)14-7-8-17(19)15(9-14)10-20-18(23)24-3/h1-2,6-11,16,22H,12-15H2,3H3,(H,25,26);4-9H,10-11H2,1-3H3,(H,20,23)/b;22-13+. The Labute approximate surface area is 326 Å². The fraction of sp³-hybridized carbons (Fsp3) is 0.268. The lowest BCUT2D eigenvalue weighted by Crippen LogP contribution is -2.32. The van der Waals surface area contributed by atoms with E-state index in [1.807, 2.05) is 56.3 Å². The van der Waals surface area contributed by atoms with Gasteiger partial charge in [-0.05, 0) is 91.1 Å². The van der Waals surface area contributed by atoms with Gasteiger partial charge < -0.3 is 34.4 Å². The highest BCUT2D eigenvalue weighted by Crippen LogP contribution is 2.28. The number of methoxy groups -OCH3 is 2. The number of ether oxygens (including phenoxy) is 4. The first-order valence-corrected chi connectivity index (χ1v) is 17.3. The molecule has 0 aliphatic carbocycles. The molecule has 2 N–H and O–H groups in total. The van der Waals surface area contributed by atoms with Gasteiger partial charge in [-0.1, -0.05) is 70.5 Å². The maximum atomic E-state index is 12.6. The van der Waals surface area contributed by atoms with Crippen molar-refractivity contribution >= 4 is 40.9 Å². The Bertz CT molecular complexity index is 1960.